The minimum absolute atomic E-state index is 0.0482. The molecule has 1 aromatic carbocycles. The van der Waals surface area contributed by atoms with E-state index in [9.17, 15) is 9.18 Å². The molecule has 29 heavy (non-hydrogen) atoms. The number of halogens is 1. The maximum Gasteiger partial charge on any atom is 0.230 e. The van der Waals surface area contributed by atoms with Gasteiger partial charge in [-0.25, -0.2) is 14.4 Å². The second kappa shape index (κ2) is 9.19. The first kappa shape index (κ1) is 20.3. The summed E-state index contributed by atoms with van der Waals surface area (Å²) in [5.74, 6) is 0.133. The van der Waals surface area contributed by atoms with E-state index in [1.54, 1.807) is 23.5 Å². The van der Waals surface area contributed by atoms with E-state index < -0.39 is 0 Å². The van der Waals surface area contributed by atoms with Crippen LogP contribution in [0.15, 0.2) is 41.7 Å². The van der Waals surface area contributed by atoms with Crippen molar-refractivity contribution in [1.82, 2.24) is 20.2 Å². The van der Waals surface area contributed by atoms with Gasteiger partial charge in [-0.1, -0.05) is 30.8 Å². The van der Waals surface area contributed by atoms with Crippen LogP contribution in [0.5, 0.6) is 0 Å². The molecule has 3 aromatic rings. The van der Waals surface area contributed by atoms with Crippen molar-refractivity contribution in [2.24, 2.45) is 0 Å². The number of amides is 1. The molecular weight excluding hydrogens is 407 g/mol. The topological polar surface area (TPSA) is 58.1 Å². The molecule has 8 heteroatoms. The molecule has 0 bridgehead atoms. The van der Waals surface area contributed by atoms with Gasteiger partial charge in [-0.15, -0.1) is 11.3 Å². The summed E-state index contributed by atoms with van der Waals surface area (Å²) in [6.45, 7) is 5.33. The number of carbonyl (C=O) groups excluding carboxylic acids is 1. The highest BCUT2D eigenvalue weighted by atomic mass is 32.2. The van der Waals surface area contributed by atoms with Crippen LogP contribution in [0.2, 0.25) is 0 Å². The van der Waals surface area contributed by atoms with Crippen molar-refractivity contribution in [2.75, 3.05) is 25.4 Å². The Morgan fingerprint density at radius 2 is 2.03 bits per heavy atom. The normalized spacial score (nSPS) is 15.7. The molecule has 3 heterocycles. The van der Waals surface area contributed by atoms with E-state index in [0.29, 0.717) is 5.75 Å². The van der Waals surface area contributed by atoms with Crippen LogP contribution in [-0.2, 0) is 4.79 Å². The number of thioether (sulfide) groups is 1. The van der Waals surface area contributed by atoms with Crippen molar-refractivity contribution < 1.29 is 9.18 Å². The van der Waals surface area contributed by atoms with Crippen LogP contribution in [0.1, 0.15) is 19.8 Å². The van der Waals surface area contributed by atoms with Gasteiger partial charge in [-0.2, -0.15) is 0 Å². The van der Waals surface area contributed by atoms with Crippen LogP contribution in [-0.4, -0.2) is 52.2 Å². The third-order valence-corrected chi connectivity index (χ3v) is 7.45. The fourth-order valence-electron chi connectivity index (χ4n) is 3.49. The number of benzene rings is 1. The summed E-state index contributed by atoms with van der Waals surface area (Å²) in [7, 11) is 0. The van der Waals surface area contributed by atoms with Gasteiger partial charge in [0.1, 0.15) is 17.2 Å². The van der Waals surface area contributed by atoms with E-state index in [0.717, 1.165) is 58.2 Å². The fraction of sp³-hybridized carbons (Fsp3) is 0.381. The molecule has 0 aliphatic carbocycles. The minimum atomic E-state index is -0.253. The maximum absolute atomic E-state index is 13.2. The Bertz CT molecular complexity index is 984. The molecular formula is C21H23FN4OS2. The molecule has 1 aliphatic rings. The van der Waals surface area contributed by atoms with Crippen LogP contribution >= 0.6 is 23.1 Å². The predicted octanol–water partition coefficient (Wildman–Crippen LogP) is 4.19. The first-order valence-corrected chi connectivity index (χ1v) is 11.6. The molecule has 1 amide bonds. The molecule has 0 radical (unpaired) electrons. The molecule has 1 N–H and O–H groups in total. The first-order chi connectivity index (χ1) is 14.1. The molecule has 5 nitrogen and oxygen atoms in total. The van der Waals surface area contributed by atoms with Crippen molar-refractivity contribution in [3.8, 4) is 10.4 Å². The quantitative estimate of drug-likeness (QED) is 0.469. The summed E-state index contributed by atoms with van der Waals surface area (Å²) in [6.07, 6.45) is 3.55. The SMILES string of the molecule is CCN1CCC(NC(=O)CSc2ncnc3cc(-c4ccc(F)cc4)sc23)CC1. The average Bonchev–Trinajstić information content (AvgIpc) is 3.18. The number of fused-ring (bicyclic) bond motifs is 1. The standard InChI is InChI=1S/C21H23FN4OS2/c1-2-26-9-7-16(8-10-26)25-19(27)12-28-21-20-17(23-13-24-21)11-18(29-20)14-3-5-15(22)6-4-14/h3-6,11,13,16H,2,7-10,12H2,1H3,(H,25,27). The highest BCUT2D eigenvalue weighted by molar-refractivity contribution is 8.00. The van der Waals surface area contributed by atoms with Crippen molar-refractivity contribution >= 4 is 39.2 Å². The van der Waals surface area contributed by atoms with Crippen LogP contribution < -0.4 is 5.32 Å². The lowest BCUT2D eigenvalue weighted by molar-refractivity contribution is -0.119. The van der Waals surface area contributed by atoms with E-state index >= 15 is 0 Å². The molecule has 0 saturated carbocycles. The largest absolute Gasteiger partial charge is 0.353 e. The Morgan fingerprint density at radius 1 is 1.28 bits per heavy atom. The van der Waals surface area contributed by atoms with Gasteiger partial charge in [0.05, 0.1) is 16.0 Å². The Morgan fingerprint density at radius 3 is 2.76 bits per heavy atom. The zero-order valence-corrected chi connectivity index (χ0v) is 17.9. The Kier molecular flexibility index (Phi) is 6.42. The van der Waals surface area contributed by atoms with Gasteiger partial charge in [-0.05, 0) is 43.1 Å². The summed E-state index contributed by atoms with van der Waals surface area (Å²) in [4.78, 5) is 24.6. The smallest absolute Gasteiger partial charge is 0.230 e. The molecule has 4 rings (SSSR count). The zero-order valence-electron chi connectivity index (χ0n) is 16.2. The van der Waals surface area contributed by atoms with Crippen molar-refractivity contribution in [2.45, 2.75) is 30.8 Å². The number of rotatable bonds is 6. The minimum Gasteiger partial charge on any atom is -0.353 e. The maximum atomic E-state index is 13.2. The summed E-state index contributed by atoms with van der Waals surface area (Å²) in [5, 5.41) is 3.97. The van der Waals surface area contributed by atoms with Gasteiger partial charge in [-0.3, -0.25) is 4.79 Å². The first-order valence-electron chi connectivity index (χ1n) is 9.77. The summed E-state index contributed by atoms with van der Waals surface area (Å²) in [6, 6.07) is 8.69. The average molecular weight is 431 g/mol. The summed E-state index contributed by atoms with van der Waals surface area (Å²) >= 11 is 3.01. The number of carbonyl (C=O) groups is 1. The predicted molar refractivity (Wildman–Crippen MR) is 117 cm³/mol. The Hall–Kier alpha value is -2.03. The van der Waals surface area contributed by atoms with Crippen LogP contribution in [0.3, 0.4) is 0 Å². The molecule has 2 aromatic heterocycles. The van der Waals surface area contributed by atoms with Gasteiger partial charge in [0.25, 0.3) is 0 Å². The van der Waals surface area contributed by atoms with Crippen molar-refractivity contribution in [1.29, 1.82) is 0 Å². The molecule has 0 spiro atoms. The van der Waals surface area contributed by atoms with Gasteiger partial charge in [0, 0.05) is 24.0 Å². The molecule has 0 atom stereocenters. The number of nitrogens with zero attached hydrogens (tertiary/aromatic N) is 3. The lowest BCUT2D eigenvalue weighted by atomic mass is 10.1. The molecule has 1 aliphatic heterocycles. The number of thiophene rings is 1. The summed E-state index contributed by atoms with van der Waals surface area (Å²) < 4.78 is 14.1. The molecule has 1 saturated heterocycles. The second-order valence-corrected chi connectivity index (χ2v) is 9.09. The monoisotopic (exact) mass is 430 g/mol. The van der Waals surface area contributed by atoms with Crippen LogP contribution in [0.4, 0.5) is 4.39 Å². The number of nitrogens with one attached hydrogen (secondary N) is 1. The van der Waals surface area contributed by atoms with Gasteiger partial charge >= 0.3 is 0 Å². The van der Waals surface area contributed by atoms with Crippen molar-refractivity contribution in [3.05, 3.63) is 42.5 Å². The van der Waals surface area contributed by atoms with Gasteiger partial charge in [0.2, 0.25) is 5.91 Å². The third kappa shape index (κ3) is 4.94. The van der Waals surface area contributed by atoms with E-state index in [1.807, 2.05) is 6.07 Å². The van der Waals surface area contributed by atoms with E-state index in [4.69, 9.17) is 0 Å². The van der Waals surface area contributed by atoms with E-state index in [-0.39, 0.29) is 17.8 Å². The summed E-state index contributed by atoms with van der Waals surface area (Å²) in [5.41, 5.74) is 1.79. The number of hydrogen-bond donors (Lipinski definition) is 1. The third-order valence-electron chi connectivity index (χ3n) is 5.15. The Labute approximate surface area is 177 Å². The molecule has 152 valence electrons. The zero-order chi connectivity index (χ0) is 20.2. The number of likely N-dealkylation sites (tertiary alicyclic amines) is 1. The van der Waals surface area contributed by atoms with E-state index in [1.165, 1.54) is 30.2 Å². The number of aromatic nitrogens is 2. The molecule has 1 fully saturated rings. The van der Waals surface area contributed by atoms with Gasteiger partial charge in [0.15, 0.2) is 0 Å². The Balaban J connectivity index is 1.40. The lowest BCUT2D eigenvalue weighted by Gasteiger charge is -2.31. The van der Waals surface area contributed by atoms with Crippen LogP contribution in [0, 0.1) is 5.82 Å². The highest BCUT2D eigenvalue weighted by Crippen LogP contribution is 2.36. The molecule has 0 unspecified atom stereocenters. The number of hydrogen-bond acceptors (Lipinski definition) is 6. The second-order valence-electron chi connectivity index (χ2n) is 7.08. The van der Waals surface area contributed by atoms with Crippen molar-refractivity contribution in [3.63, 3.8) is 0 Å². The fourth-order valence-corrected chi connectivity index (χ4v) is 5.50. The van der Waals surface area contributed by atoms with E-state index in [2.05, 4.69) is 27.1 Å². The lowest BCUT2D eigenvalue weighted by Crippen LogP contribution is -2.45. The van der Waals surface area contributed by atoms with Crippen LogP contribution in [0.25, 0.3) is 20.7 Å². The highest BCUT2D eigenvalue weighted by Gasteiger charge is 2.20. The number of piperidine rings is 1. The van der Waals surface area contributed by atoms with Gasteiger partial charge < -0.3 is 10.2 Å².